The first-order valence-corrected chi connectivity index (χ1v) is 8.45. The summed E-state index contributed by atoms with van der Waals surface area (Å²) in [6.07, 6.45) is 0.762. The van der Waals surface area contributed by atoms with E-state index in [4.69, 9.17) is 4.98 Å². The number of pyridine rings is 2. The number of carbonyl (C=O) groups excluding carboxylic acids is 1. The second-order valence-corrected chi connectivity index (χ2v) is 7.36. The molecule has 0 atom stereocenters. The van der Waals surface area contributed by atoms with E-state index in [0.29, 0.717) is 11.5 Å². The van der Waals surface area contributed by atoms with Gasteiger partial charge in [-0.2, -0.15) is 0 Å². The predicted octanol–water partition coefficient (Wildman–Crippen LogP) is 4.51. The maximum absolute atomic E-state index is 12.2. The van der Waals surface area contributed by atoms with Crippen molar-refractivity contribution in [1.82, 2.24) is 9.97 Å². The average Bonchev–Trinajstić information content (AvgIpc) is 2.54. The third-order valence-corrected chi connectivity index (χ3v) is 4.08. The van der Waals surface area contributed by atoms with Crippen molar-refractivity contribution in [3.05, 3.63) is 65.4 Å². The molecule has 1 amide bonds. The van der Waals surface area contributed by atoms with Crippen LogP contribution in [0.3, 0.4) is 0 Å². The van der Waals surface area contributed by atoms with Gasteiger partial charge in [-0.1, -0.05) is 51.1 Å². The Morgan fingerprint density at radius 3 is 2.44 bits per heavy atom. The minimum absolute atomic E-state index is 0.0588. The molecular formula is C21H23N3O. The third-order valence-electron chi connectivity index (χ3n) is 4.08. The number of anilines is 1. The van der Waals surface area contributed by atoms with Crippen LogP contribution in [-0.2, 0) is 11.2 Å². The van der Waals surface area contributed by atoms with Gasteiger partial charge in [0.15, 0.2) is 5.65 Å². The van der Waals surface area contributed by atoms with E-state index in [1.165, 1.54) is 5.56 Å². The number of aryl methyl sites for hydroxylation is 1. The first-order chi connectivity index (χ1) is 11.8. The summed E-state index contributed by atoms with van der Waals surface area (Å²) in [5.74, 6) is 0.479. The van der Waals surface area contributed by atoms with Gasteiger partial charge in [0.1, 0.15) is 5.82 Å². The zero-order valence-electron chi connectivity index (χ0n) is 15.1. The highest BCUT2D eigenvalue weighted by molar-refractivity contribution is 5.94. The van der Waals surface area contributed by atoms with Crippen molar-refractivity contribution in [2.75, 3.05) is 5.32 Å². The summed E-state index contributed by atoms with van der Waals surface area (Å²) < 4.78 is 0. The zero-order valence-corrected chi connectivity index (χ0v) is 15.1. The van der Waals surface area contributed by atoms with E-state index in [1.54, 1.807) is 0 Å². The number of rotatable bonds is 3. The Labute approximate surface area is 148 Å². The molecule has 1 aromatic carbocycles. The lowest BCUT2D eigenvalue weighted by molar-refractivity contribution is -0.123. The Morgan fingerprint density at radius 1 is 1.04 bits per heavy atom. The summed E-state index contributed by atoms with van der Waals surface area (Å²) >= 11 is 0. The van der Waals surface area contributed by atoms with E-state index >= 15 is 0 Å². The van der Waals surface area contributed by atoms with Gasteiger partial charge in [0.05, 0.1) is 0 Å². The van der Waals surface area contributed by atoms with Crippen LogP contribution < -0.4 is 5.32 Å². The quantitative estimate of drug-likeness (QED) is 0.767. The highest BCUT2D eigenvalue weighted by atomic mass is 16.2. The molecule has 0 aliphatic carbocycles. The molecule has 0 aliphatic rings. The standard InChI is InChI=1S/C21H23N3O/c1-14-12-16(13-15-8-6-5-7-9-15)22-19-17(14)10-11-18(23-19)24-20(25)21(2,3)4/h5-12H,13H2,1-4H3,(H,22,23,24,25). The van der Waals surface area contributed by atoms with Crippen molar-refractivity contribution in [3.63, 3.8) is 0 Å². The first-order valence-electron chi connectivity index (χ1n) is 8.45. The van der Waals surface area contributed by atoms with E-state index in [0.717, 1.165) is 23.1 Å². The van der Waals surface area contributed by atoms with Crippen LogP contribution in [0.4, 0.5) is 5.82 Å². The number of hydrogen-bond acceptors (Lipinski definition) is 3. The number of benzene rings is 1. The largest absolute Gasteiger partial charge is 0.310 e. The molecule has 128 valence electrons. The van der Waals surface area contributed by atoms with Crippen LogP contribution in [0.25, 0.3) is 11.0 Å². The molecule has 3 rings (SSSR count). The number of nitrogens with one attached hydrogen (secondary N) is 1. The Hall–Kier alpha value is -2.75. The maximum atomic E-state index is 12.2. The summed E-state index contributed by atoms with van der Waals surface area (Å²) in [5, 5.41) is 3.88. The molecule has 0 unspecified atom stereocenters. The molecule has 4 nitrogen and oxygen atoms in total. The molecule has 0 bridgehead atoms. The van der Waals surface area contributed by atoms with Crippen molar-refractivity contribution >= 4 is 22.8 Å². The highest BCUT2D eigenvalue weighted by Gasteiger charge is 2.21. The summed E-state index contributed by atoms with van der Waals surface area (Å²) in [6, 6.07) is 16.2. The number of nitrogens with zero attached hydrogens (tertiary/aromatic N) is 2. The SMILES string of the molecule is Cc1cc(Cc2ccccc2)nc2nc(NC(=O)C(C)(C)C)ccc12. The van der Waals surface area contributed by atoms with Crippen molar-refractivity contribution < 1.29 is 4.79 Å². The Bertz CT molecular complexity index is 912. The fourth-order valence-corrected chi connectivity index (χ4v) is 2.61. The Kier molecular flexibility index (Phi) is 4.53. The summed E-state index contributed by atoms with van der Waals surface area (Å²) in [4.78, 5) is 21.4. The Morgan fingerprint density at radius 2 is 1.76 bits per heavy atom. The first kappa shape index (κ1) is 17.1. The second-order valence-electron chi connectivity index (χ2n) is 7.36. The maximum Gasteiger partial charge on any atom is 0.230 e. The van der Waals surface area contributed by atoms with E-state index in [1.807, 2.05) is 51.1 Å². The molecular weight excluding hydrogens is 310 g/mol. The fraction of sp³-hybridized carbons (Fsp3) is 0.286. The van der Waals surface area contributed by atoms with Crippen molar-refractivity contribution in [3.8, 4) is 0 Å². The van der Waals surface area contributed by atoms with Crippen LogP contribution >= 0.6 is 0 Å². The van der Waals surface area contributed by atoms with Gasteiger partial charge in [-0.05, 0) is 36.2 Å². The fourth-order valence-electron chi connectivity index (χ4n) is 2.61. The molecule has 0 saturated heterocycles. The smallest absolute Gasteiger partial charge is 0.230 e. The van der Waals surface area contributed by atoms with Crippen LogP contribution in [0.2, 0.25) is 0 Å². The van der Waals surface area contributed by atoms with E-state index in [-0.39, 0.29) is 5.91 Å². The second kappa shape index (κ2) is 6.63. The van der Waals surface area contributed by atoms with Crippen LogP contribution in [0, 0.1) is 12.3 Å². The highest BCUT2D eigenvalue weighted by Crippen LogP contribution is 2.21. The molecule has 0 fully saturated rings. The van der Waals surface area contributed by atoms with Gasteiger partial charge in [0, 0.05) is 22.9 Å². The number of hydrogen-bond donors (Lipinski definition) is 1. The molecule has 0 spiro atoms. The number of carbonyl (C=O) groups is 1. The third kappa shape index (κ3) is 4.02. The Balaban J connectivity index is 1.93. The predicted molar refractivity (Wildman–Crippen MR) is 102 cm³/mol. The summed E-state index contributed by atoms with van der Waals surface area (Å²) in [7, 11) is 0. The lowest BCUT2D eigenvalue weighted by atomic mass is 9.96. The molecule has 2 heterocycles. The zero-order chi connectivity index (χ0) is 18.0. The lowest BCUT2D eigenvalue weighted by Crippen LogP contribution is -2.28. The number of aromatic nitrogens is 2. The molecule has 4 heteroatoms. The number of amides is 1. The normalized spacial score (nSPS) is 11.5. The van der Waals surface area contributed by atoms with Gasteiger partial charge >= 0.3 is 0 Å². The molecule has 1 N–H and O–H groups in total. The van der Waals surface area contributed by atoms with E-state index in [2.05, 4.69) is 35.4 Å². The topological polar surface area (TPSA) is 54.9 Å². The van der Waals surface area contributed by atoms with Crippen LogP contribution in [0.1, 0.15) is 37.6 Å². The van der Waals surface area contributed by atoms with E-state index < -0.39 is 5.41 Å². The molecule has 25 heavy (non-hydrogen) atoms. The number of fused-ring (bicyclic) bond motifs is 1. The summed E-state index contributed by atoms with van der Waals surface area (Å²) in [5.41, 5.74) is 3.53. The molecule has 0 aliphatic heterocycles. The van der Waals surface area contributed by atoms with Crippen molar-refractivity contribution in [2.45, 2.75) is 34.1 Å². The van der Waals surface area contributed by atoms with Gasteiger partial charge in [0.2, 0.25) is 5.91 Å². The van der Waals surface area contributed by atoms with Gasteiger partial charge in [-0.3, -0.25) is 4.79 Å². The van der Waals surface area contributed by atoms with Crippen LogP contribution in [0.15, 0.2) is 48.5 Å². The van der Waals surface area contributed by atoms with Crippen LogP contribution in [0.5, 0.6) is 0 Å². The van der Waals surface area contributed by atoms with Gasteiger partial charge in [0.25, 0.3) is 0 Å². The molecule has 0 radical (unpaired) electrons. The minimum atomic E-state index is -0.463. The average molecular weight is 333 g/mol. The molecule has 0 saturated carbocycles. The monoisotopic (exact) mass is 333 g/mol. The van der Waals surface area contributed by atoms with Gasteiger partial charge < -0.3 is 5.32 Å². The van der Waals surface area contributed by atoms with Gasteiger partial charge in [-0.25, -0.2) is 9.97 Å². The van der Waals surface area contributed by atoms with Gasteiger partial charge in [-0.15, -0.1) is 0 Å². The minimum Gasteiger partial charge on any atom is -0.310 e. The van der Waals surface area contributed by atoms with Crippen LogP contribution in [-0.4, -0.2) is 15.9 Å². The van der Waals surface area contributed by atoms with E-state index in [9.17, 15) is 4.79 Å². The molecule has 3 aromatic rings. The molecule has 2 aromatic heterocycles. The lowest BCUT2D eigenvalue weighted by Gasteiger charge is -2.17. The summed E-state index contributed by atoms with van der Waals surface area (Å²) in [6.45, 7) is 7.70. The van der Waals surface area contributed by atoms with Crippen molar-refractivity contribution in [1.29, 1.82) is 0 Å². The van der Waals surface area contributed by atoms with Crippen molar-refractivity contribution in [2.24, 2.45) is 5.41 Å².